The van der Waals surface area contributed by atoms with E-state index in [4.69, 9.17) is 14.5 Å². The Morgan fingerprint density at radius 2 is 1.92 bits per heavy atom. The summed E-state index contributed by atoms with van der Waals surface area (Å²) < 4.78 is 12.5. The van der Waals surface area contributed by atoms with Crippen LogP contribution in [0.5, 0.6) is 11.5 Å². The van der Waals surface area contributed by atoms with Gasteiger partial charge in [-0.2, -0.15) is 0 Å². The monoisotopic (exact) mass is 368 g/mol. The molecule has 0 fully saturated rings. The molecule has 6 heteroatoms. The maximum absolute atomic E-state index is 12.8. The first-order valence-electron chi connectivity index (χ1n) is 8.60. The summed E-state index contributed by atoms with van der Waals surface area (Å²) in [6.45, 7) is 2.76. The predicted molar refractivity (Wildman–Crippen MR) is 105 cm³/mol. The maximum Gasteiger partial charge on any atom is 0.262 e. The first-order chi connectivity index (χ1) is 12.6. The van der Waals surface area contributed by atoms with Crippen LogP contribution in [0.3, 0.4) is 0 Å². The van der Waals surface area contributed by atoms with Crippen LogP contribution in [0.1, 0.15) is 29.6 Å². The summed E-state index contributed by atoms with van der Waals surface area (Å²) in [4.78, 5) is 19.6. The van der Waals surface area contributed by atoms with Crippen LogP contribution in [0.15, 0.2) is 29.1 Å². The lowest BCUT2D eigenvalue weighted by Gasteiger charge is -2.07. The fourth-order valence-corrected chi connectivity index (χ4v) is 4.25. The van der Waals surface area contributed by atoms with E-state index >= 15 is 0 Å². The topological polar surface area (TPSA) is 53.4 Å². The summed E-state index contributed by atoms with van der Waals surface area (Å²) in [5, 5.41) is 0.736. The minimum absolute atomic E-state index is 0.0626. The summed E-state index contributed by atoms with van der Waals surface area (Å²) in [5.74, 6) is 2.25. The van der Waals surface area contributed by atoms with Crippen molar-refractivity contribution in [3.63, 3.8) is 0 Å². The third kappa shape index (κ3) is 2.80. The number of aryl methyl sites for hydroxylation is 1. The zero-order chi connectivity index (χ0) is 18.3. The summed E-state index contributed by atoms with van der Waals surface area (Å²) in [6, 6.07) is 7.73. The van der Waals surface area contributed by atoms with Gasteiger partial charge in [-0.1, -0.05) is 6.92 Å². The lowest BCUT2D eigenvalue weighted by molar-refractivity contribution is 0.394. The van der Waals surface area contributed by atoms with Crippen molar-refractivity contribution in [2.75, 3.05) is 14.2 Å². The molecule has 0 saturated carbocycles. The molecule has 0 atom stereocenters. The van der Waals surface area contributed by atoms with Gasteiger partial charge in [-0.15, -0.1) is 11.3 Å². The Morgan fingerprint density at radius 1 is 1.19 bits per heavy atom. The fraction of sp³-hybridized carbons (Fsp3) is 0.300. The van der Waals surface area contributed by atoms with Gasteiger partial charge in [0.15, 0.2) is 0 Å². The summed E-state index contributed by atoms with van der Waals surface area (Å²) in [6.07, 6.45) is 3.78. The van der Waals surface area contributed by atoms with Gasteiger partial charge >= 0.3 is 0 Å². The van der Waals surface area contributed by atoms with Crippen LogP contribution >= 0.6 is 11.3 Å². The Labute approximate surface area is 155 Å². The number of benzene rings is 1. The van der Waals surface area contributed by atoms with Crippen LogP contribution in [0.2, 0.25) is 0 Å². The van der Waals surface area contributed by atoms with Gasteiger partial charge in [-0.3, -0.25) is 9.36 Å². The predicted octanol–water partition coefficient (Wildman–Crippen LogP) is 3.98. The number of methoxy groups -OCH3 is 2. The molecule has 26 heavy (non-hydrogen) atoms. The van der Waals surface area contributed by atoms with Crippen molar-refractivity contribution in [2.24, 2.45) is 0 Å². The van der Waals surface area contributed by atoms with Crippen molar-refractivity contribution in [2.45, 2.75) is 26.3 Å². The molecule has 4 rings (SSSR count). The molecule has 0 unspecified atom stereocenters. The minimum atomic E-state index is 0.0626. The molecule has 0 aliphatic carbocycles. The molecule has 0 N–H and O–H groups in total. The van der Waals surface area contributed by atoms with E-state index in [0.29, 0.717) is 6.54 Å². The first kappa shape index (κ1) is 16.8. The molecule has 0 spiro atoms. The number of rotatable bonds is 4. The van der Waals surface area contributed by atoms with Gasteiger partial charge in [0.1, 0.15) is 22.2 Å². The van der Waals surface area contributed by atoms with Gasteiger partial charge in [0.2, 0.25) is 0 Å². The van der Waals surface area contributed by atoms with Crippen molar-refractivity contribution in [1.29, 1.82) is 0 Å². The summed E-state index contributed by atoms with van der Waals surface area (Å²) >= 11 is 1.61. The number of hydrogen-bond donors (Lipinski definition) is 0. The average Bonchev–Trinajstić information content (AvgIpc) is 3.26. The van der Waals surface area contributed by atoms with E-state index in [2.05, 4.69) is 13.0 Å². The molecule has 0 bridgehead atoms. The van der Waals surface area contributed by atoms with Crippen LogP contribution < -0.4 is 15.0 Å². The maximum atomic E-state index is 12.8. The van der Waals surface area contributed by atoms with Crippen molar-refractivity contribution in [3.05, 3.63) is 50.9 Å². The van der Waals surface area contributed by atoms with Gasteiger partial charge in [0, 0.05) is 17.5 Å². The van der Waals surface area contributed by atoms with Crippen molar-refractivity contribution >= 4 is 33.2 Å². The minimum Gasteiger partial charge on any atom is -0.497 e. The smallest absolute Gasteiger partial charge is 0.262 e. The quantitative estimate of drug-likeness (QED) is 0.699. The van der Waals surface area contributed by atoms with Crippen LogP contribution in [0.4, 0.5) is 0 Å². The van der Waals surface area contributed by atoms with Gasteiger partial charge in [-0.25, -0.2) is 4.98 Å². The molecule has 134 valence electrons. The number of aromatic nitrogens is 2. The molecule has 1 aromatic carbocycles. The third-order valence-electron chi connectivity index (χ3n) is 4.66. The lowest BCUT2D eigenvalue weighted by atomic mass is 10.1. The fourth-order valence-electron chi connectivity index (χ4n) is 3.29. The van der Waals surface area contributed by atoms with Crippen molar-refractivity contribution < 1.29 is 9.47 Å². The van der Waals surface area contributed by atoms with Crippen LogP contribution in [-0.4, -0.2) is 23.8 Å². The third-order valence-corrected chi connectivity index (χ3v) is 5.83. The van der Waals surface area contributed by atoms with Crippen LogP contribution in [-0.2, 0) is 13.0 Å². The lowest BCUT2D eigenvalue weighted by Crippen LogP contribution is -2.19. The zero-order valence-corrected chi connectivity index (χ0v) is 15.9. The Morgan fingerprint density at radius 3 is 2.58 bits per heavy atom. The van der Waals surface area contributed by atoms with E-state index in [9.17, 15) is 4.79 Å². The molecule has 5 nitrogen and oxygen atoms in total. The SMILES string of the molecule is CCc1cc2c(=O)n3c(nc2s1)/C(=C/c1cc(OC)cc(OC)c1)CC3. The molecule has 1 aliphatic heterocycles. The van der Waals surface area contributed by atoms with Gasteiger partial charge in [-0.05, 0) is 48.3 Å². The standard InChI is InChI=1S/C20H20N2O3S/c1-4-16-11-17-19(26-16)21-18-13(5-6-22(18)20(17)23)7-12-8-14(24-2)10-15(9-12)25-3/h7-11H,4-6H2,1-3H3/b13-7+. The van der Waals surface area contributed by atoms with Gasteiger partial charge in [0.05, 0.1) is 19.6 Å². The highest BCUT2D eigenvalue weighted by atomic mass is 32.1. The van der Waals surface area contributed by atoms with Crippen LogP contribution in [0, 0.1) is 0 Å². The van der Waals surface area contributed by atoms with Crippen molar-refractivity contribution in [3.8, 4) is 11.5 Å². The van der Waals surface area contributed by atoms with E-state index < -0.39 is 0 Å². The molecule has 2 aromatic heterocycles. The highest BCUT2D eigenvalue weighted by Gasteiger charge is 2.22. The summed E-state index contributed by atoms with van der Waals surface area (Å²) in [5.41, 5.74) is 2.10. The summed E-state index contributed by atoms with van der Waals surface area (Å²) in [7, 11) is 3.27. The normalized spacial score (nSPS) is 14.8. The molecule has 0 saturated heterocycles. The molecule has 3 aromatic rings. The second-order valence-electron chi connectivity index (χ2n) is 6.24. The Hall–Kier alpha value is -2.60. The van der Waals surface area contributed by atoms with Gasteiger partial charge in [0.25, 0.3) is 5.56 Å². The molecule has 0 radical (unpaired) electrons. The second kappa shape index (κ2) is 6.61. The first-order valence-corrected chi connectivity index (χ1v) is 9.42. The highest BCUT2D eigenvalue weighted by Crippen LogP contribution is 2.32. The van der Waals surface area contributed by atoms with Crippen molar-refractivity contribution in [1.82, 2.24) is 9.55 Å². The number of allylic oxidation sites excluding steroid dienone is 1. The van der Waals surface area contributed by atoms with E-state index in [1.165, 1.54) is 4.88 Å². The number of thiophene rings is 1. The van der Waals surface area contributed by atoms with E-state index in [0.717, 1.165) is 51.5 Å². The number of fused-ring (bicyclic) bond motifs is 2. The molecule has 1 aliphatic rings. The second-order valence-corrected chi connectivity index (χ2v) is 7.36. The number of ether oxygens (including phenoxy) is 2. The zero-order valence-electron chi connectivity index (χ0n) is 15.0. The van der Waals surface area contributed by atoms with Gasteiger partial charge < -0.3 is 9.47 Å². The highest BCUT2D eigenvalue weighted by molar-refractivity contribution is 7.18. The van der Waals surface area contributed by atoms with E-state index in [1.807, 2.05) is 24.3 Å². The van der Waals surface area contributed by atoms with Crippen LogP contribution in [0.25, 0.3) is 21.9 Å². The molecule has 3 heterocycles. The molecule has 0 amide bonds. The largest absolute Gasteiger partial charge is 0.497 e. The molecular formula is C20H20N2O3S. The Bertz CT molecular complexity index is 1060. The Balaban J connectivity index is 1.84. The Kier molecular flexibility index (Phi) is 4.28. The average molecular weight is 368 g/mol. The van der Waals surface area contributed by atoms with E-state index in [-0.39, 0.29) is 5.56 Å². The number of hydrogen-bond acceptors (Lipinski definition) is 5. The van der Waals surface area contributed by atoms with E-state index in [1.54, 1.807) is 30.1 Å². The number of nitrogens with zero attached hydrogens (tertiary/aromatic N) is 2. The molecular weight excluding hydrogens is 348 g/mol.